The molecule has 1 amide bonds. The molecule has 0 N–H and O–H groups in total. The van der Waals surface area contributed by atoms with Crippen molar-refractivity contribution in [2.45, 2.75) is 31.9 Å². The summed E-state index contributed by atoms with van der Waals surface area (Å²) >= 11 is 0. The van der Waals surface area contributed by atoms with Crippen LogP contribution in [0.2, 0.25) is 0 Å². The molecule has 1 aliphatic rings. The van der Waals surface area contributed by atoms with Crippen LogP contribution >= 0.6 is 0 Å². The summed E-state index contributed by atoms with van der Waals surface area (Å²) in [6.45, 7) is 2.14. The number of carbonyl (C=O) groups excluding carboxylic acids is 1. The van der Waals surface area contributed by atoms with Crippen LogP contribution in [0.1, 0.15) is 35.7 Å². The van der Waals surface area contributed by atoms with Gasteiger partial charge in [0.2, 0.25) is 5.88 Å². The summed E-state index contributed by atoms with van der Waals surface area (Å²) in [7, 11) is 0. The number of halogens is 3. The van der Waals surface area contributed by atoms with Gasteiger partial charge in [-0.2, -0.15) is 13.2 Å². The van der Waals surface area contributed by atoms with Gasteiger partial charge in [0.05, 0.1) is 16.6 Å². The monoisotopic (exact) mass is 420 g/mol. The van der Waals surface area contributed by atoms with Crippen LogP contribution in [0.25, 0.3) is 11.1 Å². The number of hydrogen-bond acceptors (Lipinski definition) is 6. The SMILES string of the molecule is Cc1noc2nc(C3CCN(C(=O)COc4ccccn4)CC3)cc(C(F)(F)F)c12. The average molecular weight is 420 g/mol. The van der Waals surface area contributed by atoms with Gasteiger partial charge in [-0.15, -0.1) is 0 Å². The number of piperidine rings is 1. The Labute approximate surface area is 169 Å². The van der Waals surface area contributed by atoms with Crippen molar-refractivity contribution in [1.82, 2.24) is 20.0 Å². The minimum absolute atomic E-state index is 0.106. The smallest absolute Gasteiger partial charge is 0.417 e. The molecule has 3 aromatic rings. The summed E-state index contributed by atoms with van der Waals surface area (Å²) in [6, 6.07) is 6.24. The molecule has 0 saturated carbocycles. The van der Waals surface area contributed by atoms with Gasteiger partial charge in [0.15, 0.2) is 6.61 Å². The van der Waals surface area contributed by atoms with Crippen LogP contribution in [0.4, 0.5) is 13.2 Å². The lowest BCUT2D eigenvalue weighted by molar-refractivity contribution is -0.136. The number of carbonyl (C=O) groups is 1. The Bertz CT molecular complexity index is 1040. The Kier molecular flexibility index (Phi) is 5.31. The molecule has 1 saturated heterocycles. The largest absolute Gasteiger partial charge is 0.468 e. The molecule has 30 heavy (non-hydrogen) atoms. The van der Waals surface area contributed by atoms with Gasteiger partial charge in [0.1, 0.15) is 0 Å². The van der Waals surface area contributed by atoms with E-state index in [9.17, 15) is 18.0 Å². The molecule has 4 heterocycles. The van der Waals surface area contributed by atoms with Gasteiger partial charge >= 0.3 is 6.18 Å². The first-order valence-corrected chi connectivity index (χ1v) is 9.48. The maximum Gasteiger partial charge on any atom is 0.417 e. The van der Waals surface area contributed by atoms with Crippen molar-refractivity contribution in [3.63, 3.8) is 0 Å². The highest BCUT2D eigenvalue weighted by molar-refractivity contribution is 5.81. The fourth-order valence-corrected chi connectivity index (χ4v) is 3.63. The topological polar surface area (TPSA) is 81.4 Å². The first kappa shape index (κ1) is 20.1. The fraction of sp³-hybridized carbons (Fsp3) is 0.400. The summed E-state index contributed by atoms with van der Waals surface area (Å²) in [5.74, 6) is -0.0358. The van der Waals surface area contributed by atoms with E-state index in [0.29, 0.717) is 37.5 Å². The van der Waals surface area contributed by atoms with E-state index in [0.717, 1.165) is 6.07 Å². The van der Waals surface area contributed by atoms with E-state index in [4.69, 9.17) is 9.26 Å². The van der Waals surface area contributed by atoms with Gasteiger partial charge in [-0.25, -0.2) is 9.97 Å². The zero-order valence-electron chi connectivity index (χ0n) is 16.1. The molecule has 10 heteroatoms. The van der Waals surface area contributed by atoms with Crippen molar-refractivity contribution in [1.29, 1.82) is 0 Å². The minimum Gasteiger partial charge on any atom is -0.468 e. The Morgan fingerprint density at radius 2 is 2.07 bits per heavy atom. The molecule has 0 spiro atoms. The molecule has 4 rings (SSSR count). The van der Waals surface area contributed by atoms with E-state index in [1.54, 1.807) is 29.3 Å². The van der Waals surface area contributed by atoms with Gasteiger partial charge < -0.3 is 14.2 Å². The molecule has 0 unspecified atom stereocenters. The first-order valence-electron chi connectivity index (χ1n) is 9.48. The second kappa shape index (κ2) is 7.92. The van der Waals surface area contributed by atoms with Crippen molar-refractivity contribution in [2.75, 3.05) is 19.7 Å². The van der Waals surface area contributed by atoms with Crippen LogP contribution in [-0.2, 0) is 11.0 Å². The maximum atomic E-state index is 13.5. The molecule has 0 aliphatic carbocycles. The second-order valence-electron chi connectivity index (χ2n) is 7.15. The van der Waals surface area contributed by atoms with Crippen molar-refractivity contribution in [3.8, 4) is 5.88 Å². The number of likely N-dealkylation sites (tertiary alicyclic amines) is 1. The lowest BCUT2D eigenvalue weighted by atomic mass is 9.91. The highest BCUT2D eigenvalue weighted by atomic mass is 19.4. The van der Waals surface area contributed by atoms with E-state index >= 15 is 0 Å². The summed E-state index contributed by atoms with van der Waals surface area (Å²) in [5.41, 5.74) is -0.435. The Hall–Kier alpha value is -3.17. The van der Waals surface area contributed by atoms with Crippen molar-refractivity contribution < 1.29 is 27.2 Å². The standard InChI is InChI=1S/C20H19F3N4O3/c1-12-18-14(20(21,22)23)10-15(25-19(18)30-26-12)13-5-8-27(9-6-13)17(28)11-29-16-4-2-3-7-24-16/h2-4,7,10,13H,5-6,8-9,11H2,1H3. The van der Waals surface area contributed by atoms with Gasteiger partial charge in [-0.1, -0.05) is 11.2 Å². The number of ether oxygens (including phenoxy) is 1. The van der Waals surface area contributed by atoms with Crippen LogP contribution < -0.4 is 4.74 Å². The highest BCUT2D eigenvalue weighted by Gasteiger charge is 2.37. The minimum atomic E-state index is -4.54. The quantitative estimate of drug-likeness (QED) is 0.640. The molecule has 3 aromatic heterocycles. The number of hydrogen-bond donors (Lipinski definition) is 0. The number of amides is 1. The number of rotatable bonds is 4. The summed E-state index contributed by atoms with van der Waals surface area (Å²) in [4.78, 5) is 22.3. The highest BCUT2D eigenvalue weighted by Crippen LogP contribution is 2.38. The lowest BCUT2D eigenvalue weighted by Crippen LogP contribution is -2.40. The zero-order chi connectivity index (χ0) is 21.3. The van der Waals surface area contributed by atoms with E-state index in [1.807, 2.05) is 0 Å². The van der Waals surface area contributed by atoms with Crippen LogP contribution in [0.5, 0.6) is 5.88 Å². The number of nitrogens with zero attached hydrogens (tertiary/aromatic N) is 4. The van der Waals surface area contributed by atoms with E-state index in [-0.39, 0.29) is 35.2 Å². The molecule has 7 nitrogen and oxygen atoms in total. The predicted molar refractivity (Wildman–Crippen MR) is 99.8 cm³/mol. The summed E-state index contributed by atoms with van der Waals surface area (Å²) < 4.78 is 51.0. The van der Waals surface area contributed by atoms with E-state index in [1.165, 1.54) is 6.92 Å². The lowest BCUT2D eigenvalue weighted by Gasteiger charge is -2.31. The second-order valence-corrected chi connectivity index (χ2v) is 7.15. The van der Waals surface area contributed by atoms with Gasteiger partial charge in [0, 0.05) is 37.0 Å². The third kappa shape index (κ3) is 4.07. The Morgan fingerprint density at radius 3 is 2.73 bits per heavy atom. The van der Waals surface area contributed by atoms with Crippen molar-refractivity contribution in [2.24, 2.45) is 0 Å². The molecule has 1 fully saturated rings. The summed E-state index contributed by atoms with van der Waals surface area (Å²) in [6.07, 6.45) is -1.97. The molecular formula is C20H19F3N4O3. The number of alkyl halides is 3. The zero-order valence-corrected chi connectivity index (χ0v) is 16.1. The van der Waals surface area contributed by atoms with E-state index < -0.39 is 11.7 Å². The molecule has 0 atom stereocenters. The van der Waals surface area contributed by atoms with Crippen LogP contribution in [0.15, 0.2) is 35.0 Å². The van der Waals surface area contributed by atoms with Crippen molar-refractivity contribution >= 4 is 17.0 Å². The molecule has 1 aliphatic heterocycles. The van der Waals surface area contributed by atoms with Crippen LogP contribution in [0.3, 0.4) is 0 Å². The number of fused-ring (bicyclic) bond motifs is 1. The van der Waals surface area contributed by atoms with Gasteiger partial charge in [-0.3, -0.25) is 4.79 Å². The molecular weight excluding hydrogens is 401 g/mol. The fourth-order valence-electron chi connectivity index (χ4n) is 3.63. The average Bonchev–Trinajstić information content (AvgIpc) is 3.12. The molecule has 0 radical (unpaired) electrons. The molecule has 158 valence electrons. The third-order valence-electron chi connectivity index (χ3n) is 5.19. The van der Waals surface area contributed by atoms with Crippen molar-refractivity contribution in [3.05, 3.63) is 47.4 Å². The van der Waals surface area contributed by atoms with Gasteiger partial charge in [0.25, 0.3) is 11.6 Å². The van der Waals surface area contributed by atoms with E-state index in [2.05, 4.69) is 15.1 Å². The molecule has 0 aromatic carbocycles. The van der Waals surface area contributed by atoms with Crippen LogP contribution in [0, 0.1) is 6.92 Å². The van der Waals surface area contributed by atoms with Gasteiger partial charge in [-0.05, 0) is 31.9 Å². The number of pyridine rings is 2. The number of aryl methyl sites for hydroxylation is 1. The summed E-state index contributed by atoms with van der Waals surface area (Å²) in [5, 5.41) is 3.52. The maximum absolute atomic E-state index is 13.5. The Balaban J connectivity index is 1.44. The normalized spacial score (nSPS) is 15.5. The number of aromatic nitrogens is 3. The predicted octanol–water partition coefficient (Wildman–Crippen LogP) is 3.73. The Morgan fingerprint density at radius 1 is 1.30 bits per heavy atom. The van der Waals surface area contributed by atoms with Crippen LogP contribution in [-0.4, -0.2) is 45.6 Å². The third-order valence-corrected chi connectivity index (χ3v) is 5.19. The molecule has 0 bridgehead atoms. The first-order chi connectivity index (χ1) is 14.3.